The minimum Gasteiger partial charge on any atom is -0.481 e. The van der Waals surface area contributed by atoms with Gasteiger partial charge in [0.05, 0.1) is 12.1 Å². The first kappa shape index (κ1) is 15.0. The van der Waals surface area contributed by atoms with Crippen LogP contribution in [-0.2, 0) is 11.3 Å². The number of carboxylic acids is 1. The molecule has 5 nitrogen and oxygen atoms in total. The molecule has 0 amide bonds. The highest BCUT2D eigenvalue weighted by Crippen LogP contribution is 2.28. The van der Waals surface area contributed by atoms with Crippen LogP contribution in [0.5, 0.6) is 0 Å². The Kier molecular flexibility index (Phi) is 5.17. The summed E-state index contributed by atoms with van der Waals surface area (Å²) < 4.78 is 1.97. The second kappa shape index (κ2) is 6.88. The molecule has 112 valence electrons. The van der Waals surface area contributed by atoms with Gasteiger partial charge in [-0.05, 0) is 52.0 Å². The number of aliphatic carboxylic acids is 1. The molecule has 0 aliphatic heterocycles. The van der Waals surface area contributed by atoms with E-state index in [1.165, 1.54) is 5.56 Å². The lowest BCUT2D eigenvalue weighted by molar-refractivity contribution is -0.143. The Labute approximate surface area is 120 Å². The highest BCUT2D eigenvalue weighted by atomic mass is 16.4. The van der Waals surface area contributed by atoms with Crippen molar-refractivity contribution in [1.29, 1.82) is 0 Å². The van der Waals surface area contributed by atoms with Crippen molar-refractivity contribution in [2.75, 3.05) is 6.54 Å². The number of carbonyl (C=O) groups is 1. The highest BCUT2D eigenvalue weighted by Gasteiger charge is 2.25. The number of carboxylic acid groups (broad SMARTS) is 1. The van der Waals surface area contributed by atoms with Gasteiger partial charge in [-0.1, -0.05) is 0 Å². The van der Waals surface area contributed by atoms with Crippen LogP contribution in [0.3, 0.4) is 0 Å². The fourth-order valence-corrected chi connectivity index (χ4v) is 2.79. The summed E-state index contributed by atoms with van der Waals surface area (Å²) in [5.41, 5.74) is 1.21. The van der Waals surface area contributed by atoms with Crippen molar-refractivity contribution in [2.45, 2.75) is 52.1 Å². The molecular formula is C15H25N3O2. The van der Waals surface area contributed by atoms with Crippen LogP contribution in [0.15, 0.2) is 12.4 Å². The summed E-state index contributed by atoms with van der Waals surface area (Å²) in [4.78, 5) is 10.9. The maximum atomic E-state index is 10.9. The van der Waals surface area contributed by atoms with E-state index in [9.17, 15) is 4.79 Å². The van der Waals surface area contributed by atoms with E-state index >= 15 is 0 Å². The predicted molar refractivity (Wildman–Crippen MR) is 77.4 cm³/mol. The van der Waals surface area contributed by atoms with E-state index in [-0.39, 0.29) is 5.92 Å². The Morgan fingerprint density at radius 2 is 2.15 bits per heavy atom. The topological polar surface area (TPSA) is 67.2 Å². The molecule has 1 aliphatic carbocycles. The molecule has 1 heterocycles. The highest BCUT2D eigenvalue weighted by molar-refractivity contribution is 5.69. The number of rotatable bonds is 6. The Bertz CT molecular complexity index is 434. The van der Waals surface area contributed by atoms with Gasteiger partial charge in [-0.15, -0.1) is 0 Å². The Balaban J connectivity index is 1.67. The first-order valence-electron chi connectivity index (χ1n) is 7.52. The summed E-state index contributed by atoms with van der Waals surface area (Å²) in [7, 11) is 0. The van der Waals surface area contributed by atoms with E-state index in [4.69, 9.17) is 5.11 Å². The minimum absolute atomic E-state index is 0.115. The quantitative estimate of drug-likeness (QED) is 0.839. The van der Waals surface area contributed by atoms with Crippen molar-refractivity contribution in [3.8, 4) is 0 Å². The van der Waals surface area contributed by atoms with Crippen molar-refractivity contribution in [3.63, 3.8) is 0 Å². The molecule has 0 spiro atoms. The van der Waals surface area contributed by atoms with Crippen LogP contribution in [-0.4, -0.2) is 27.4 Å². The van der Waals surface area contributed by atoms with Crippen LogP contribution in [0.4, 0.5) is 0 Å². The molecule has 2 N–H and O–H groups in total. The van der Waals surface area contributed by atoms with Crippen LogP contribution in [0.25, 0.3) is 0 Å². The smallest absolute Gasteiger partial charge is 0.306 e. The van der Waals surface area contributed by atoms with E-state index in [2.05, 4.69) is 30.5 Å². The predicted octanol–water partition coefficient (Wildman–Crippen LogP) is 2.44. The van der Waals surface area contributed by atoms with E-state index < -0.39 is 5.97 Å². The van der Waals surface area contributed by atoms with Crippen LogP contribution >= 0.6 is 0 Å². The van der Waals surface area contributed by atoms with E-state index in [1.807, 2.05) is 10.9 Å². The van der Waals surface area contributed by atoms with Gasteiger partial charge >= 0.3 is 5.97 Å². The number of nitrogens with one attached hydrogen (secondary N) is 1. The Morgan fingerprint density at radius 1 is 1.45 bits per heavy atom. The molecular weight excluding hydrogens is 254 g/mol. The van der Waals surface area contributed by atoms with Crippen molar-refractivity contribution in [2.24, 2.45) is 11.8 Å². The van der Waals surface area contributed by atoms with Gasteiger partial charge in [0.2, 0.25) is 0 Å². The van der Waals surface area contributed by atoms with Gasteiger partial charge < -0.3 is 10.4 Å². The largest absolute Gasteiger partial charge is 0.481 e. The first-order valence-corrected chi connectivity index (χ1v) is 7.52. The lowest BCUT2D eigenvalue weighted by Crippen LogP contribution is -2.28. The third-order valence-electron chi connectivity index (χ3n) is 4.14. The molecule has 0 radical (unpaired) electrons. The zero-order valence-corrected chi connectivity index (χ0v) is 12.4. The van der Waals surface area contributed by atoms with E-state index in [1.54, 1.807) is 0 Å². The van der Waals surface area contributed by atoms with Crippen molar-refractivity contribution in [1.82, 2.24) is 15.1 Å². The third kappa shape index (κ3) is 4.07. The SMILES string of the molecule is CC(C)n1cc(CNCC2CCC(C(=O)O)CC2)cn1. The summed E-state index contributed by atoms with van der Waals surface area (Å²) in [6.45, 7) is 6.04. The molecule has 0 unspecified atom stereocenters. The maximum Gasteiger partial charge on any atom is 0.306 e. The van der Waals surface area contributed by atoms with Crippen molar-refractivity contribution >= 4 is 5.97 Å². The average Bonchev–Trinajstić information content (AvgIpc) is 2.88. The molecule has 2 rings (SSSR count). The fourth-order valence-electron chi connectivity index (χ4n) is 2.79. The molecule has 5 heteroatoms. The summed E-state index contributed by atoms with van der Waals surface area (Å²) in [6.07, 6.45) is 7.69. The van der Waals surface area contributed by atoms with Gasteiger partial charge in [-0.25, -0.2) is 0 Å². The molecule has 1 fully saturated rings. The van der Waals surface area contributed by atoms with Crippen LogP contribution in [0.1, 0.15) is 51.1 Å². The number of hydrogen-bond acceptors (Lipinski definition) is 3. The Morgan fingerprint density at radius 3 is 2.70 bits per heavy atom. The maximum absolute atomic E-state index is 10.9. The zero-order valence-electron chi connectivity index (χ0n) is 12.4. The van der Waals surface area contributed by atoms with Gasteiger partial charge in [-0.3, -0.25) is 9.48 Å². The van der Waals surface area contributed by atoms with Crippen molar-refractivity contribution in [3.05, 3.63) is 18.0 Å². The third-order valence-corrected chi connectivity index (χ3v) is 4.14. The van der Waals surface area contributed by atoms with Crippen molar-refractivity contribution < 1.29 is 9.90 Å². The average molecular weight is 279 g/mol. The number of nitrogens with zero attached hydrogens (tertiary/aromatic N) is 2. The zero-order chi connectivity index (χ0) is 14.5. The summed E-state index contributed by atoms with van der Waals surface area (Å²) in [5.74, 6) is -0.126. The molecule has 1 aromatic heterocycles. The molecule has 1 aliphatic rings. The summed E-state index contributed by atoms with van der Waals surface area (Å²) >= 11 is 0. The standard InChI is InChI=1S/C15H25N3O2/c1-11(2)18-10-13(9-17-18)8-16-7-12-3-5-14(6-4-12)15(19)20/h9-12,14,16H,3-8H2,1-2H3,(H,19,20). The normalized spacial score (nSPS) is 23.1. The summed E-state index contributed by atoms with van der Waals surface area (Å²) in [5, 5.41) is 16.8. The molecule has 0 saturated heterocycles. The molecule has 0 aromatic carbocycles. The monoisotopic (exact) mass is 279 g/mol. The second-order valence-electron chi connectivity index (χ2n) is 6.11. The van der Waals surface area contributed by atoms with E-state index in [0.29, 0.717) is 12.0 Å². The van der Waals surface area contributed by atoms with E-state index in [0.717, 1.165) is 38.8 Å². The molecule has 0 bridgehead atoms. The molecule has 1 aromatic rings. The first-order chi connectivity index (χ1) is 9.56. The van der Waals surface area contributed by atoms with Crippen LogP contribution in [0, 0.1) is 11.8 Å². The van der Waals surface area contributed by atoms with Crippen LogP contribution in [0.2, 0.25) is 0 Å². The van der Waals surface area contributed by atoms with Crippen LogP contribution < -0.4 is 5.32 Å². The lowest BCUT2D eigenvalue weighted by Gasteiger charge is -2.26. The van der Waals surface area contributed by atoms with Gasteiger partial charge in [0.1, 0.15) is 0 Å². The summed E-state index contributed by atoms with van der Waals surface area (Å²) in [6, 6.07) is 0.398. The molecule has 20 heavy (non-hydrogen) atoms. The number of aromatic nitrogens is 2. The van der Waals surface area contributed by atoms with Gasteiger partial charge in [-0.2, -0.15) is 5.10 Å². The Hall–Kier alpha value is -1.36. The van der Waals surface area contributed by atoms with Gasteiger partial charge in [0, 0.05) is 24.3 Å². The molecule has 1 saturated carbocycles. The second-order valence-corrected chi connectivity index (χ2v) is 6.11. The number of hydrogen-bond donors (Lipinski definition) is 2. The molecule has 0 atom stereocenters. The van der Waals surface area contributed by atoms with Gasteiger partial charge in [0.15, 0.2) is 0 Å². The fraction of sp³-hybridized carbons (Fsp3) is 0.733. The minimum atomic E-state index is -0.627. The van der Waals surface area contributed by atoms with Gasteiger partial charge in [0.25, 0.3) is 0 Å². The lowest BCUT2D eigenvalue weighted by atomic mass is 9.82.